The number of hydrogen-bond donors (Lipinski definition) is 2. The van der Waals surface area contributed by atoms with E-state index in [4.69, 9.17) is 5.73 Å². The van der Waals surface area contributed by atoms with E-state index in [0.29, 0.717) is 13.0 Å². The molecular weight excluding hydrogens is 260 g/mol. The van der Waals surface area contributed by atoms with Gasteiger partial charge in [0.25, 0.3) is 0 Å². The highest BCUT2D eigenvalue weighted by molar-refractivity contribution is 5.81. The summed E-state index contributed by atoms with van der Waals surface area (Å²) in [5.41, 5.74) is 9.48. The number of rotatable bonds is 6. The molecule has 0 aliphatic heterocycles. The van der Waals surface area contributed by atoms with Gasteiger partial charge in [-0.2, -0.15) is 0 Å². The Morgan fingerprint density at radius 1 is 1.05 bits per heavy atom. The quantitative estimate of drug-likeness (QED) is 0.853. The van der Waals surface area contributed by atoms with Crippen molar-refractivity contribution in [2.45, 2.75) is 25.8 Å². The van der Waals surface area contributed by atoms with Crippen molar-refractivity contribution >= 4 is 5.91 Å². The lowest BCUT2D eigenvalue weighted by molar-refractivity contribution is -0.122. The molecule has 0 saturated heterocycles. The number of benzene rings is 2. The normalized spacial score (nSPS) is 11.9. The van der Waals surface area contributed by atoms with Gasteiger partial charge in [0.15, 0.2) is 0 Å². The molecule has 1 amide bonds. The summed E-state index contributed by atoms with van der Waals surface area (Å²) < 4.78 is 0. The maximum Gasteiger partial charge on any atom is 0.237 e. The molecule has 110 valence electrons. The van der Waals surface area contributed by atoms with Gasteiger partial charge in [-0.25, -0.2) is 0 Å². The number of nitrogens with one attached hydrogen (secondary N) is 1. The standard InChI is InChI=1S/C18H22N2O/c1-14-7-9-15(10-8-14)11-12-20-18(21)17(19)13-16-5-3-2-4-6-16/h2-10,17H,11-13,19H2,1H3,(H,20,21)/t17-/m0/s1. The van der Waals surface area contributed by atoms with Gasteiger partial charge in [0.2, 0.25) is 5.91 Å². The Morgan fingerprint density at radius 2 is 1.71 bits per heavy atom. The van der Waals surface area contributed by atoms with Crippen molar-refractivity contribution in [1.29, 1.82) is 0 Å². The predicted octanol–water partition coefficient (Wildman–Crippen LogP) is 2.22. The number of amides is 1. The number of hydrogen-bond acceptors (Lipinski definition) is 2. The van der Waals surface area contributed by atoms with Crippen LogP contribution in [-0.4, -0.2) is 18.5 Å². The Hall–Kier alpha value is -2.13. The molecule has 2 aromatic carbocycles. The van der Waals surface area contributed by atoms with E-state index < -0.39 is 6.04 Å². The third kappa shape index (κ3) is 5.04. The van der Waals surface area contributed by atoms with Crippen molar-refractivity contribution in [3.8, 4) is 0 Å². The molecule has 0 unspecified atom stereocenters. The third-order valence-corrected chi connectivity index (χ3v) is 3.47. The van der Waals surface area contributed by atoms with E-state index in [1.807, 2.05) is 30.3 Å². The molecule has 3 N–H and O–H groups in total. The van der Waals surface area contributed by atoms with Gasteiger partial charge < -0.3 is 11.1 Å². The first kappa shape index (κ1) is 15.3. The number of carbonyl (C=O) groups excluding carboxylic acids is 1. The van der Waals surface area contributed by atoms with E-state index in [0.717, 1.165) is 12.0 Å². The van der Waals surface area contributed by atoms with Crippen LogP contribution >= 0.6 is 0 Å². The fourth-order valence-electron chi connectivity index (χ4n) is 2.18. The lowest BCUT2D eigenvalue weighted by atomic mass is 10.1. The van der Waals surface area contributed by atoms with Crippen molar-refractivity contribution in [3.05, 3.63) is 71.3 Å². The molecule has 0 fully saturated rings. The first-order chi connectivity index (χ1) is 10.1. The predicted molar refractivity (Wildman–Crippen MR) is 86.0 cm³/mol. The van der Waals surface area contributed by atoms with E-state index in [2.05, 4.69) is 36.5 Å². The zero-order valence-corrected chi connectivity index (χ0v) is 12.4. The minimum absolute atomic E-state index is 0.0917. The topological polar surface area (TPSA) is 55.1 Å². The van der Waals surface area contributed by atoms with Gasteiger partial charge in [0, 0.05) is 6.54 Å². The first-order valence-corrected chi connectivity index (χ1v) is 7.28. The second-order valence-corrected chi connectivity index (χ2v) is 5.32. The fourth-order valence-corrected chi connectivity index (χ4v) is 2.18. The molecule has 0 aromatic heterocycles. The molecule has 3 nitrogen and oxygen atoms in total. The van der Waals surface area contributed by atoms with Gasteiger partial charge >= 0.3 is 0 Å². The zero-order valence-electron chi connectivity index (χ0n) is 12.4. The highest BCUT2D eigenvalue weighted by Crippen LogP contribution is 2.04. The molecule has 0 radical (unpaired) electrons. The molecule has 0 aliphatic carbocycles. The lowest BCUT2D eigenvalue weighted by Gasteiger charge is -2.12. The van der Waals surface area contributed by atoms with Crippen molar-refractivity contribution in [2.75, 3.05) is 6.54 Å². The van der Waals surface area contributed by atoms with E-state index in [1.165, 1.54) is 11.1 Å². The molecule has 0 heterocycles. The number of nitrogens with two attached hydrogens (primary N) is 1. The average Bonchev–Trinajstić information content (AvgIpc) is 2.50. The minimum atomic E-state index is -0.495. The second kappa shape index (κ2) is 7.60. The van der Waals surface area contributed by atoms with E-state index >= 15 is 0 Å². The van der Waals surface area contributed by atoms with Gasteiger partial charge in [-0.05, 0) is 30.9 Å². The Bertz CT molecular complexity index is 564. The first-order valence-electron chi connectivity index (χ1n) is 7.28. The summed E-state index contributed by atoms with van der Waals surface area (Å²) in [6.07, 6.45) is 1.39. The molecule has 3 heteroatoms. The summed E-state index contributed by atoms with van der Waals surface area (Å²) in [4.78, 5) is 12.0. The zero-order chi connectivity index (χ0) is 15.1. The van der Waals surface area contributed by atoms with Crippen LogP contribution < -0.4 is 11.1 Å². The Balaban J connectivity index is 1.75. The van der Waals surface area contributed by atoms with Crippen LogP contribution in [0.3, 0.4) is 0 Å². The summed E-state index contributed by atoms with van der Waals surface area (Å²) >= 11 is 0. The summed E-state index contributed by atoms with van der Waals surface area (Å²) in [5, 5.41) is 2.90. The largest absolute Gasteiger partial charge is 0.354 e. The van der Waals surface area contributed by atoms with Gasteiger partial charge in [-0.15, -0.1) is 0 Å². The second-order valence-electron chi connectivity index (χ2n) is 5.32. The number of aryl methyl sites for hydroxylation is 1. The minimum Gasteiger partial charge on any atom is -0.354 e. The van der Waals surface area contributed by atoms with Crippen molar-refractivity contribution in [3.63, 3.8) is 0 Å². The van der Waals surface area contributed by atoms with E-state index in [9.17, 15) is 4.79 Å². The summed E-state index contributed by atoms with van der Waals surface area (Å²) in [6, 6.07) is 17.7. The van der Waals surface area contributed by atoms with E-state index in [1.54, 1.807) is 0 Å². The van der Waals surface area contributed by atoms with Gasteiger partial charge in [-0.1, -0.05) is 60.2 Å². The Labute approximate surface area is 126 Å². The highest BCUT2D eigenvalue weighted by Gasteiger charge is 2.13. The van der Waals surface area contributed by atoms with Crippen LogP contribution in [-0.2, 0) is 17.6 Å². The van der Waals surface area contributed by atoms with Crippen LogP contribution in [0.1, 0.15) is 16.7 Å². The Morgan fingerprint density at radius 3 is 2.38 bits per heavy atom. The Kier molecular flexibility index (Phi) is 5.52. The highest BCUT2D eigenvalue weighted by atomic mass is 16.2. The van der Waals surface area contributed by atoms with Gasteiger partial charge in [-0.3, -0.25) is 4.79 Å². The molecule has 2 aromatic rings. The lowest BCUT2D eigenvalue weighted by Crippen LogP contribution is -2.42. The summed E-state index contributed by atoms with van der Waals surface area (Å²) in [5.74, 6) is -0.0917. The average molecular weight is 282 g/mol. The number of carbonyl (C=O) groups is 1. The van der Waals surface area contributed by atoms with Gasteiger partial charge in [0.1, 0.15) is 0 Å². The van der Waals surface area contributed by atoms with Gasteiger partial charge in [0.05, 0.1) is 6.04 Å². The summed E-state index contributed by atoms with van der Waals surface area (Å²) in [7, 11) is 0. The molecule has 21 heavy (non-hydrogen) atoms. The van der Waals surface area contributed by atoms with Crippen LogP contribution in [0, 0.1) is 6.92 Å². The molecule has 1 atom stereocenters. The maximum absolute atomic E-state index is 12.0. The molecule has 0 saturated carbocycles. The van der Waals surface area contributed by atoms with E-state index in [-0.39, 0.29) is 5.91 Å². The van der Waals surface area contributed by atoms with Crippen LogP contribution in [0.4, 0.5) is 0 Å². The molecule has 0 spiro atoms. The smallest absolute Gasteiger partial charge is 0.237 e. The van der Waals surface area contributed by atoms with Crippen molar-refractivity contribution < 1.29 is 4.79 Å². The fraction of sp³-hybridized carbons (Fsp3) is 0.278. The SMILES string of the molecule is Cc1ccc(CCNC(=O)[C@@H](N)Cc2ccccc2)cc1. The van der Waals surface area contributed by atoms with Crippen LogP contribution in [0.15, 0.2) is 54.6 Å². The molecule has 0 aliphatic rings. The maximum atomic E-state index is 12.0. The van der Waals surface area contributed by atoms with Crippen molar-refractivity contribution in [2.24, 2.45) is 5.73 Å². The third-order valence-electron chi connectivity index (χ3n) is 3.47. The van der Waals surface area contributed by atoms with Crippen LogP contribution in [0.5, 0.6) is 0 Å². The van der Waals surface area contributed by atoms with Crippen molar-refractivity contribution in [1.82, 2.24) is 5.32 Å². The summed E-state index contributed by atoms with van der Waals surface area (Å²) in [6.45, 7) is 2.68. The molecular formula is C18H22N2O. The van der Waals surface area contributed by atoms with Crippen LogP contribution in [0.25, 0.3) is 0 Å². The van der Waals surface area contributed by atoms with Crippen LogP contribution in [0.2, 0.25) is 0 Å². The monoisotopic (exact) mass is 282 g/mol. The molecule has 2 rings (SSSR count). The molecule has 0 bridgehead atoms.